The summed E-state index contributed by atoms with van der Waals surface area (Å²) in [6, 6.07) is 19.8. The molecule has 4 rings (SSSR count). The highest BCUT2D eigenvalue weighted by atomic mass is 16.2. The lowest BCUT2D eigenvalue weighted by Crippen LogP contribution is -2.39. The van der Waals surface area contributed by atoms with Crippen molar-refractivity contribution in [2.75, 3.05) is 13.1 Å². The van der Waals surface area contributed by atoms with Crippen LogP contribution in [0.1, 0.15) is 40.4 Å². The molecule has 27 heavy (non-hydrogen) atoms. The van der Waals surface area contributed by atoms with Gasteiger partial charge in [0.25, 0.3) is 5.91 Å². The molecule has 1 fully saturated rings. The second-order valence-corrected chi connectivity index (χ2v) is 7.13. The van der Waals surface area contributed by atoms with Crippen LogP contribution in [-0.2, 0) is 0 Å². The average molecular weight is 357 g/mol. The molecule has 1 aromatic heterocycles. The highest BCUT2D eigenvalue weighted by Crippen LogP contribution is 2.27. The van der Waals surface area contributed by atoms with E-state index in [9.17, 15) is 4.79 Å². The van der Waals surface area contributed by atoms with Crippen molar-refractivity contribution in [2.45, 2.75) is 25.7 Å². The topological polar surface area (TPSA) is 46.1 Å². The molecule has 136 valence electrons. The van der Waals surface area contributed by atoms with Gasteiger partial charge in [0, 0.05) is 42.0 Å². The molecule has 1 aliphatic rings. The van der Waals surface area contributed by atoms with Crippen LogP contribution < -0.4 is 0 Å². The molecule has 1 amide bonds. The maximum Gasteiger partial charge on any atom is 0.253 e. The van der Waals surface area contributed by atoms with Gasteiger partial charge >= 0.3 is 0 Å². The molecular weight excluding hydrogens is 334 g/mol. The van der Waals surface area contributed by atoms with Crippen LogP contribution in [0.15, 0.2) is 66.9 Å². The van der Waals surface area contributed by atoms with Crippen molar-refractivity contribution in [3.8, 4) is 11.4 Å². The number of likely N-dealkylation sites (tertiary alicyclic amines) is 1. The van der Waals surface area contributed by atoms with Crippen LogP contribution in [0.3, 0.4) is 0 Å². The number of aromatic nitrogens is 2. The number of aryl methyl sites for hydroxylation is 1. The zero-order chi connectivity index (χ0) is 18.6. The van der Waals surface area contributed by atoms with E-state index in [0.717, 1.165) is 42.0 Å². The van der Waals surface area contributed by atoms with Gasteiger partial charge in [-0.2, -0.15) is 0 Å². The van der Waals surface area contributed by atoms with E-state index in [1.807, 2.05) is 47.5 Å². The molecule has 1 saturated heterocycles. The van der Waals surface area contributed by atoms with Gasteiger partial charge in [0.05, 0.1) is 0 Å². The predicted octanol–water partition coefficient (Wildman–Crippen LogP) is 4.47. The third kappa shape index (κ3) is 3.90. The van der Waals surface area contributed by atoms with Gasteiger partial charge in [-0.3, -0.25) is 4.79 Å². The molecule has 2 heterocycles. The van der Waals surface area contributed by atoms with E-state index in [1.54, 1.807) is 0 Å². The summed E-state index contributed by atoms with van der Waals surface area (Å²) in [5.74, 6) is 1.10. The van der Waals surface area contributed by atoms with E-state index in [4.69, 9.17) is 4.98 Å². The lowest BCUT2D eigenvalue weighted by molar-refractivity contribution is 0.0706. The summed E-state index contributed by atoms with van der Waals surface area (Å²) in [7, 11) is 0. The van der Waals surface area contributed by atoms with Gasteiger partial charge < -0.3 is 4.90 Å². The molecule has 1 atom stereocenters. The van der Waals surface area contributed by atoms with Gasteiger partial charge in [-0.05, 0) is 38.0 Å². The van der Waals surface area contributed by atoms with E-state index >= 15 is 0 Å². The van der Waals surface area contributed by atoms with Crippen LogP contribution in [-0.4, -0.2) is 33.9 Å². The van der Waals surface area contributed by atoms with Gasteiger partial charge in [0.2, 0.25) is 0 Å². The Morgan fingerprint density at radius 3 is 2.59 bits per heavy atom. The largest absolute Gasteiger partial charge is 0.338 e. The number of benzene rings is 2. The molecule has 1 aliphatic heterocycles. The fourth-order valence-electron chi connectivity index (χ4n) is 3.61. The quantitative estimate of drug-likeness (QED) is 0.695. The number of carbonyl (C=O) groups is 1. The number of carbonyl (C=O) groups excluding carboxylic acids is 1. The highest BCUT2D eigenvalue weighted by molar-refractivity contribution is 5.94. The summed E-state index contributed by atoms with van der Waals surface area (Å²) in [4.78, 5) is 24.0. The Morgan fingerprint density at radius 1 is 1.04 bits per heavy atom. The SMILES string of the molecule is Cc1ccc(-c2nccc([C@@H]3CCCN(C(=O)c4ccccc4)C3)n2)cc1. The standard InChI is InChI=1S/C23H23N3O/c1-17-9-11-18(12-10-17)22-24-14-13-21(25-22)20-8-5-15-26(16-20)23(27)19-6-3-2-4-7-19/h2-4,6-7,9-14,20H,5,8,15-16H2,1H3/t20-/m1/s1. The van der Waals surface area contributed by atoms with Crippen molar-refractivity contribution < 1.29 is 4.79 Å². The minimum Gasteiger partial charge on any atom is -0.338 e. The molecule has 0 aliphatic carbocycles. The van der Waals surface area contributed by atoms with Crippen LogP contribution in [0.5, 0.6) is 0 Å². The van der Waals surface area contributed by atoms with Crippen molar-refractivity contribution in [1.82, 2.24) is 14.9 Å². The Balaban J connectivity index is 1.54. The zero-order valence-electron chi connectivity index (χ0n) is 15.5. The number of hydrogen-bond acceptors (Lipinski definition) is 3. The Labute approximate surface area is 159 Å². The molecule has 0 radical (unpaired) electrons. The van der Waals surface area contributed by atoms with Crippen LogP contribution in [0.4, 0.5) is 0 Å². The molecule has 0 spiro atoms. The van der Waals surface area contributed by atoms with Crippen molar-refractivity contribution in [3.05, 3.63) is 83.7 Å². The molecule has 0 N–H and O–H groups in total. The number of piperidine rings is 1. The summed E-state index contributed by atoms with van der Waals surface area (Å²) in [6.45, 7) is 3.58. The van der Waals surface area contributed by atoms with Gasteiger partial charge in [-0.25, -0.2) is 9.97 Å². The normalized spacial score (nSPS) is 16.9. The summed E-state index contributed by atoms with van der Waals surface area (Å²) in [5, 5.41) is 0. The van der Waals surface area contributed by atoms with Crippen LogP contribution >= 0.6 is 0 Å². The first-order chi connectivity index (χ1) is 13.2. The number of nitrogens with zero attached hydrogens (tertiary/aromatic N) is 3. The van der Waals surface area contributed by atoms with E-state index in [2.05, 4.69) is 36.2 Å². The zero-order valence-corrected chi connectivity index (χ0v) is 15.5. The Kier molecular flexibility index (Phi) is 4.97. The van der Waals surface area contributed by atoms with E-state index in [1.165, 1.54) is 5.56 Å². The molecule has 0 unspecified atom stereocenters. The van der Waals surface area contributed by atoms with Gasteiger partial charge in [-0.1, -0.05) is 48.0 Å². The van der Waals surface area contributed by atoms with Gasteiger partial charge in [0.1, 0.15) is 0 Å². The Morgan fingerprint density at radius 2 is 1.81 bits per heavy atom. The van der Waals surface area contributed by atoms with Gasteiger partial charge in [0.15, 0.2) is 5.82 Å². The lowest BCUT2D eigenvalue weighted by atomic mass is 9.94. The Bertz CT molecular complexity index is 922. The number of hydrogen-bond donors (Lipinski definition) is 0. The van der Waals surface area contributed by atoms with E-state index < -0.39 is 0 Å². The molecule has 3 aromatic rings. The molecule has 2 aromatic carbocycles. The van der Waals surface area contributed by atoms with E-state index in [-0.39, 0.29) is 11.8 Å². The first kappa shape index (κ1) is 17.4. The number of amides is 1. The molecule has 4 nitrogen and oxygen atoms in total. The van der Waals surface area contributed by atoms with Crippen molar-refractivity contribution in [2.24, 2.45) is 0 Å². The second kappa shape index (κ2) is 7.70. The fraction of sp³-hybridized carbons (Fsp3) is 0.261. The van der Waals surface area contributed by atoms with Crippen molar-refractivity contribution in [1.29, 1.82) is 0 Å². The van der Waals surface area contributed by atoms with E-state index in [0.29, 0.717) is 6.54 Å². The van der Waals surface area contributed by atoms with Gasteiger partial charge in [-0.15, -0.1) is 0 Å². The predicted molar refractivity (Wildman–Crippen MR) is 107 cm³/mol. The first-order valence-corrected chi connectivity index (χ1v) is 9.45. The third-order valence-corrected chi connectivity index (χ3v) is 5.13. The molecule has 0 saturated carbocycles. The molecule has 4 heteroatoms. The minimum atomic E-state index is 0.105. The average Bonchev–Trinajstić information content (AvgIpc) is 2.74. The first-order valence-electron chi connectivity index (χ1n) is 9.45. The Hall–Kier alpha value is -3.01. The van der Waals surface area contributed by atoms with Crippen LogP contribution in [0, 0.1) is 6.92 Å². The number of rotatable bonds is 3. The highest BCUT2D eigenvalue weighted by Gasteiger charge is 2.26. The fourth-order valence-corrected chi connectivity index (χ4v) is 3.61. The summed E-state index contributed by atoms with van der Waals surface area (Å²) in [6.07, 6.45) is 3.87. The van der Waals surface area contributed by atoms with Crippen LogP contribution in [0.2, 0.25) is 0 Å². The molecule has 0 bridgehead atoms. The maximum atomic E-state index is 12.8. The van der Waals surface area contributed by atoms with Crippen molar-refractivity contribution in [3.63, 3.8) is 0 Å². The third-order valence-electron chi connectivity index (χ3n) is 5.13. The van der Waals surface area contributed by atoms with Crippen molar-refractivity contribution >= 4 is 5.91 Å². The lowest BCUT2D eigenvalue weighted by Gasteiger charge is -2.32. The molecular formula is C23H23N3O. The second-order valence-electron chi connectivity index (χ2n) is 7.13. The van der Waals surface area contributed by atoms with Crippen LogP contribution in [0.25, 0.3) is 11.4 Å². The summed E-state index contributed by atoms with van der Waals surface area (Å²) < 4.78 is 0. The minimum absolute atomic E-state index is 0.105. The summed E-state index contributed by atoms with van der Waals surface area (Å²) >= 11 is 0. The maximum absolute atomic E-state index is 12.8. The smallest absolute Gasteiger partial charge is 0.253 e. The monoisotopic (exact) mass is 357 g/mol. The summed E-state index contributed by atoms with van der Waals surface area (Å²) in [5.41, 5.74) is 4.01.